The van der Waals surface area contributed by atoms with Gasteiger partial charge in [0.2, 0.25) is 0 Å². The summed E-state index contributed by atoms with van der Waals surface area (Å²) in [6.45, 7) is 1.80. The Morgan fingerprint density at radius 1 is 1.10 bits per heavy atom. The first kappa shape index (κ1) is 18.7. The molecule has 2 heterocycles. The molecule has 0 radical (unpaired) electrons. The minimum atomic E-state index is -0.479. The third kappa shape index (κ3) is 3.70. The van der Waals surface area contributed by atoms with Gasteiger partial charge < -0.3 is 0 Å². The number of nitrogens with zero attached hydrogens (tertiary/aromatic N) is 4. The third-order valence-corrected chi connectivity index (χ3v) is 5.60. The van der Waals surface area contributed by atoms with Gasteiger partial charge in [-0.15, -0.1) is 0 Å². The van der Waals surface area contributed by atoms with Crippen LogP contribution in [0.1, 0.15) is 21.6 Å². The number of anilines is 1. The molecule has 0 atom stereocenters. The number of benzene rings is 2. The third-order valence-electron chi connectivity index (χ3n) is 4.54. The number of hydrogen-bond acceptors (Lipinski definition) is 6. The highest BCUT2D eigenvalue weighted by Crippen LogP contribution is 2.32. The fourth-order valence-electron chi connectivity index (χ4n) is 3.05. The minimum Gasteiger partial charge on any atom is -0.278 e. The number of thiazole rings is 1. The molecule has 4 aromatic rings. The molecule has 0 N–H and O–H groups in total. The van der Waals surface area contributed by atoms with Crippen LogP contribution in [0.25, 0.3) is 10.2 Å². The Morgan fingerprint density at radius 2 is 1.90 bits per heavy atom. The monoisotopic (exact) mass is 404 g/mol. The van der Waals surface area contributed by atoms with Crippen molar-refractivity contribution in [3.63, 3.8) is 0 Å². The average Bonchev–Trinajstić information content (AvgIpc) is 3.16. The second kappa shape index (κ2) is 7.76. The molecular formula is C21H16N4O3S. The highest BCUT2D eigenvalue weighted by molar-refractivity contribution is 7.22. The smallest absolute Gasteiger partial charge is 0.273 e. The predicted octanol–water partition coefficient (Wildman–Crippen LogP) is 4.75. The first-order chi connectivity index (χ1) is 14.0. The fraction of sp³-hybridized carbons (Fsp3) is 0.0952. The van der Waals surface area contributed by atoms with E-state index in [2.05, 4.69) is 9.97 Å². The lowest BCUT2D eigenvalue weighted by Gasteiger charge is -2.20. The molecule has 0 aliphatic heterocycles. The van der Waals surface area contributed by atoms with Crippen molar-refractivity contribution in [2.75, 3.05) is 4.90 Å². The zero-order valence-corrected chi connectivity index (χ0v) is 16.3. The maximum absolute atomic E-state index is 13.5. The van der Waals surface area contributed by atoms with Gasteiger partial charge in [-0.1, -0.05) is 35.6 Å². The largest absolute Gasteiger partial charge is 0.278 e. The van der Waals surface area contributed by atoms with Gasteiger partial charge in [0, 0.05) is 23.4 Å². The Kier molecular flexibility index (Phi) is 5.01. The van der Waals surface area contributed by atoms with Gasteiger partial charge in [0.05, 0.1) is 27.4 Å². The molecule has 8 heteroatoms. The molecule has 144 valence electrons. The second-order valence-electron chi connectivity index (χ2n) is 6.38. The summed E-state index contributed by atoms with van der Waals surface area (Å²) in [6, 6.07) is 17.6. The molecule has 2 aromatic carbocycles. The van der Waals surface area contributed by atoms with E-state index in [0.717, 1.165) is 10.2 Å². The molecule has 0 unspecified atom stereocenters. The van der Waals surface area contributed by atoms with Crippen LogP contribution < -0.4 is 4.90 Å². The number of nitro groups is 1. The summed E-state index contributed by atoms with van der Waals surface area (Å²) in [7, 11) is 0. The van der Waals surface area contributed by atoms with Crippen LogP contribution in [-0.4, -0.2) is 20.8 Å². The molecule has 4 rings (SSSR count). The van der Waals surface area contributed by atoms with Crippen LogP contribution in [0, 0.1) is 17.0 Å². The molecule has 0 saturated carbocycles. The topological polar surface area (TPSA) is 89.2 Å². The number of nitro benzene ring substituents is 1. The molecule has 0 bridgehead atoms. The van der Waals surface area contributed by atoms with E-state index in [0.29, 0.717) is 16.4 Å². The number of aromatic nitrogens is 2. The maximum atomic E-state index is 13.5. The van der Waals surface area contributed by atoms with Crippen LogP contribution in [0.5, 0.6) is 0 Å². The van der Waals surface area contributed by atoms with Gasteiger partial charge in [-0.2, -0.15) is 0 Å². The van der Waals surface area contributed by atoms with Crippen molar-refractivity contribution >= 4 is 38.3 Å². The minimum absolute atomic E-state index is 0.0852. The van der Waals surface area contributed by atoms with Crippen molar-refractivity contribution < 1.29 is 9.72 Å². The standard InChI is InChI=1S/C21H16N4O3S/c1-14-16(8-6-10-18(14)25(27)28)20(26)24(13-15-7-4-5-12-22-15)21-23-17-9-2-3-11-19(17)29-21/h2-12H,13H2,1H3. The second-order valence-corrected chi connectivity index (χ2v) is 7.39. The lowest BCUT2D eigenvalue weighted by atomic mass is 10.1. The van der Waals surface area contributed by atoms with Gasteiger partial charge in [-0.25, -0.2) is 4.98 Å². The van der Waals surface area contributed by atoms with E-state index >= 15 is 0 Å². The van der Waals surface area contributed by atoms with Crippen molar-refractivity contribution in [3.8, 4) is 0 Å². The molecule has 0 aliphatic rings. The van der Waals surface area contributed by atoms with Crippen molar-refractivity contribution in [1.82, 2.24) is 9.97 Å². The Balaban J connectivity index is 1.80. The highest BCUT2D eigenvalue weighted by Gasteiger charge is 2.26. The van der Waals surface area contributed by atoms with Gasteiger partial charge in [-0.05, 0) is 37.3 Å². The van der Waals surface area contributed by atoms with Crippen LogP contribution in [0.4, 0.5) is 10.8 Å². The molecule has 7 nitrogen and oxygen atoms in total. The van der Waals surface area contributed by atoms with Gasteiger partial charge in [0.15, 0.2) is 5.13 Å². The van der Waals surface area contributed by atoms with Crippen LogP contribution in [0.2, 0.25) is 0 Å². The number of para-hydroxylation sites is 1. The summed E-state index contributed by atoms with van der Waals surface area (Å²) in [6.07, 6.45) is 1.66. The summed E-state index contributed by atoms with van der Waals surface area (Å²) in [5.41, 5.74) is 2.01. The number of hydrogen-bond donors (Lipinski definition) is 0. The molecular weight excluding hydrogens is 388 g/mol. The number of carbonyl (C=O) groups is 1. The molecule has 29 heavy (non-hydrogen) atoms. The van der Waals surface area contributed by atoms with Crippen LogP contribution >= 0.6 is 11.3 Å². The van der Waals surface area contributed by atoms with Crippen LogP contribution in [0.3, 0.4) is 0 Å². The molecule has 1 amide bonds. The number of carbonyl (C=O) groups excluding carboxylic acids is 1. The first-order valence-electron chi connectivity index (χ1n) is 8.86. The summed E-state index contributed by atoms with van der Waals surface area (Å²) < 4.78 is 0.956. The van der Waals surface area contributed by atoms with Gasteiger partial charge in [0.1, 0.15) is 0 Å². The SMILES string of the molecule is Cc1c(C(=O)N(Cc2ccccn2)c2nc3ccccc3s2)cccc1[N+](=O)[O-]. The quantitative estimate of drug-likeness (QED) is 0.354. The van der Waals surface area contributed by atoms with Crippen molar-refractivity contribution in [2.45, 2.75) is 13.5 Å². The zero-order chi connectivity index (χ0) is 20.4. The summed E-state index contributed by atoms with van der Waals surface area (Å²) in [5, 5.41) is 11.8. The number of rotatable bonds is 5. The lowest BCUT2D eigenvalue weighted by Crippen LogP contribution is -2.31. The summed E-state index contributed by atoms with van der Waals surface area (Å²) in [4.78, 5) is 34.7. The lowest BCUT2D eigenvalue weighted by molar-refractivity contribution is -0.385. The Morgan fingerprint density at radius 3 is 2.62 bits per heavy atom. The maximum Gasteiger partial charge on any atom is 0.273 e. The average molecular weight is 404 g/mol. The zero-order valence-electron chi connectivity index (χ0n) is 15.5. The van der Waals surface area contributed by atoms with E-state index in [-0.39, 0.29) is 23.7 Å². The van der Waals surface area contributed by atoms with E-state index in [9.17, 15) is 14.9 Å². The summed E-state index contributed by atoms with van der Waals surface area (Å²) >= 11 is 1.40. The van der Waals surface area contributed by atoms with Crippen molar-refractivity contribution in [2.24, 2.45) is 0 Å². The molecule has 0 spiro atoms. The Hall–Kier alpha value is -3.65. The molecule has 0 saturated heterocycles. The van der Waals surface area contributed by atoms with Crippen molar-refractivity contribution in [1.29, 1.82) is 0 Å². The van der Waals surface area contributed by atoms with Gasteiger partial charge in [0.25, 0.3) is 11.6 Å². The van der Waals surface area contributed by atoms with E-state index in [1.54, 1.807) is 25.3 Å². The van der Waals surface area contributed by atoms with E-state index in [1.807, 2.05) is 36.4 Å². The highest BCUT2D eigenvalue weighted by atomic mass is 32.1. The molecule has 0 aliphatic carbocycles. The first-order valence-corrected chi connectivity index (χ1v) is 9.67. The van der Waals surface area contributed by atoms with E-state index < -0.39 is 4.92 Å². The number of fused-ring (bicyclic) bond motifs is 1. The van der Waals surface area contributed by atoms with Gasteiger partial charge >= 0.3 is 0 Å². The number of amides is 1. The fourth-order valence-corrected chi connectivity index (χ4v) is 4.02. The molecule has 2 aromatic heterocycles. The summed E-state index contributed by atoms with van der Waals surface area (Å²) in [5.74, 6) is -0.351. The van der Waals surface area contributed by atoms with Crippen molar-refractivity contribution in [3.05, 3.63) is 93.8 Å². The Bertz CT molecular complexity index is 1170. The van der Waals surface area contributed by atoms with Crippen LogP contribution in [-0.2, 0) is 6.54 Å². The van der Waals surface area contributed by atoms with E-state index in [4.69, 9.17) is 0 Å². The number of pyridine rings is 1. The molecule has 0 fully saturated rings. The van der Waals surface area contributed by atoms with Gasteiger partial charge in [-0.3, -0.25) is 24.8 Å². The van der Waals surface area contributed by atoms with E-state index in [1.165, 1.54) is 28.4 Å². The Labute approximate surface area is 170 Å². The van der Waals surface area contributed by atoms with Crippen LogP contribution in [0.15, 0.2) is 66.9 Å². The normalized spacial score (nSPS) is 10.8. The predicted molar refractivity (Wildman–Crippen MR) is 112 cm³/mol.